The van der Waals surface area contributed by atoms with Gasteiger partial charge in [0.1, 0.15) is 16.3 Å². The van der Waals surface area contributed by atoms with Gasteiger partial charge in [-0.25, -0.2) is 4.79 Å². The van der Waals surface area contributed by atoms with E-state index in [9.17, 15) is 9.90 Å². The predicted octanol–water partition coefficient (Wildman–Crippen LogP) is 5.77. The third-order valence-corrected chi connectivity index (χ3v) is 6.68. The Kier molecular flexibility index (Phi) is 4.55. The Bertz CT molecular complexity index is 944. The van der Waals surface area contributed by atoms with Crippen LogP contribution in [0.5, 0.6) is 0 Å². The molecular weight excluding hydrogens is 356 g/mol. The Balaban J connectivity index is 1.69. The Hall–Kier alpha value is -2.20. The van der Waals surface area contributed by atoms with Crippen LogP contribution in [0.2, 0.25) is 0 Å². The molecule has 1 spiro atoms. The second-order valence-electron chi connectivity index (χ2n) is 7.79. The van der Waals surface area contributed by atoms with Crippen molar-refractivity contribution in [2.75, 3.05) is 0 Å². The summed E-state index contributed by atoms with van der Waals surface area (Å²) in [6.07, 6.45) is 1.94. The molecule has 1 N–H and O–H groups in total. The second-order valence-corrected chi connectivity index (χ2v) is 8.84. The molecule has 0 bridgehead atoms. The fourth-order valence-corrected chi connectivity index (χ4v) is 5.29. The zero-order chi connectivity index (χ0) is 19.2. The fraction of sp³-hybridized carbons (Fsp3) is 0.348. The van der Waals surface area contributed by atoms with Crippen molar-refractivity contribution in [3.8, 4) is 0 Å². The zero-order valence-corrected chi connectivity index (χ0v) is 16.7. The van der Waals surface area contributed by atoms with Crippen molar-refractivity contribution in [3.05, 3.63) is 75.4 Å². The highest BCUT2D eigenvalue weighted by atomic mass is 32.2. The molecule has 3 nitrogen and oxygen atoms in total. The minimum atomic E-state index is -0.713. The lowest BCUT2D eigenvalue weighted by atomic mass is 9.89. The van der Waals surface area contributed by atoms with Crippen molar-refractivity contribution in [2.24, 2.45) is 0 Å². The summed E-state index contributed by atoms with van der Waals surface area (Å²) in [4.78, 5) is 14.2. The van der Waals surface area contributed by atoms with E-state index >= 15 is 0 Å². The molecule has 0 saturated carbocycles. The number of aliphatic hydroxyl groups is 1. The summed E-state index contributed by atoms with van der Waals surface area (Å²) < 4.78 is 5.97. The van der Waals surface area contributed by atoms with Gasteiger partial charge in [0.05, 0.1) is 6.42 Å². The van der Waals surface area contributed by atoms with Gasteiger partial charge >= 0.3 is 5.97 Å². The maximum Gasteiger partial charge on any atom is 0.349 e. The summed E-state index contributed by atoms with van der Waals surface area (Å²) in [5, 5.41) is 10.8. The van der Waals surface area contributed by atoms with Gasteiger partial charge < -0.3 is 9.84 Å². The van der Waals surface area contributed by atoms with Gasteiger partial charge in [0, 0.05) is 4.90 Å². The van der Waals surface area contributed by atoms with Gasteiger partial charge in [-0.15, -0.1) is 0 Å². The normalized spacial score (nSPS) is 21.7. The molecule has 1 aliphatic carbocycles. The molecule has 0 amide bonds. The summed E-state index contributed by atoms with van der Waals surface area (Å²) in [6.45, 7) is 6.30. The van der Waals surface area contributed by atoms with Crippen molar-refractivity contribution in [3.63, 3.8) is 0 Å². The Morgan fingerprint density at radius 2 is 1.96 bits per heavy atom. The summed E-state index contributed by atoms with van der Waals surface area (Å²) in [5.74, 6) is 0.0596. The van der Waals surface area contributed by atoms with E-state index in [1.165, 1.54) is 22.9 Å². The summed E-state index contributed by atoms with van der Waals surface area (Å²) in [6, 6.07) is 14.3. The Labute approximate surface area is 164 Å². The monoisotopic (exact) mass is 380 g/mol. The fourth-order valence-electron chi connectivity index (χ4n) is 4.09. The highest BCUT2D eigenvalue weighted by Crippen LogP contribution is 2.49. The molecule has 4 rings (SSSR count). The number of carbonyl (C=O) groups is 1. The number of fused-ring (bicyclic) bond motifs is 2. The summed E-state index contributed by atoms with van der Waals surface area (Å²) in [7, 11) is 0. The minimum absolute atomic E-state index is 0.143. The minimum Gasteiger partial charge on any atom is -0.511 e. The molecule has 1 aliphatic heterocycles. The molecule has 0 saturated heterocycles. The van der Waals surface area contributed by atoms with Gasteiger partial charge in [-0.05, 0) is 54.0 Å². The molecule has 2 aromatic carbocycles. The van der Waals surface area contributed by atoms with Gasteiger partial charge in [-0.2, -0.15) is 0 Å². The van der Waals surface area contributed by atoms with Crippen LogP contribution in [0.25, 0.3) is 0 Å². The van der Waals surface area contributed by atoms with E-state index in [2.05, 4.69) is 38.1 Å². The van der Waals surface area contributed by atoms with Crippen molar-refractivity contribution < 1.29 is 14.6 Å². The topological polar surface area (TPSA) is 46.5 Å². The van der Waals surface area contributed by atoms with Gasteiger partial charge in [0.2, 0.25) is 0 Å². The predicted molar refractivity (Wildman–Crippen MR) is 108 cm³/mol. The molecule has 2 aromatic rings. The first-order valence-electron chi connectivity index (χ1n) is 9.42. The third-order valence-electron chi connectivity index (χ3n) is 5.50. The summed E-state index contributed by atoms with van der Waals surface area (Å²) >= 11 is 1.33. The average Bonchev–Trinajstić information content (AvgIpc) is 2.96. The Morgan fingerprint density at radius 1 is 1.19 bits per heavy atom. The highest BCUT2D eigenvalue weighted by molar-refractivity contribution is 8.04. The molecule has 1 heterocycles. The molecule has 2 aliphatic rings. The van der Waals surface area contributed by atoms with Crippen LogP contribution < -0.4 is 0 Å². The number of benzene rings is 2. The summed E-state index contributed by atoms with van der Waals surface area (Å²) in [5.41, 5.74) is 3.83. The van der Waals surface area contributed by atoms with Crippen LogP contribution in [-0.4, -0.2) is 11.1 Å². The lowest BCUT2D eigenvalue weighted by Gasteiger charge is -2.34. The van der Waals surface area contributed by atoms with Crippen molar-refractivity contribution in [2.45, 2.75) is 56.4 Å². The van der Waals surface area contributed by atoms with Crippen LogP contribution in [0.1, 0.15) is 54.9 Å². The van der Waals surface area contributed by atoms with E-state index in [1.807, 2.05) is 25.1 Å². The van der Waals surface area contributed by atoms with Crippen LogP contribution >= 0.6 is 11.8 Å². The van der Waals surface area contributed by atoms with Crippen LogP contribution in [0.15, 0.2) is 58.0 Å². The number of hydrogen-bond donors (Lipinski definition) is 1. The number of ether oxygens (including phenoxy) is 1. The van der Waals surface area contributed by atoms with E-state index in [0.717, 1.165) is 28.9 Å². The molecule has 1 atom stereocenters. The molecule has 1 unspecified atom stereocenters. The lowest BCUT2D eigenvalue weighted by molar-refractivity contribution is -0.158. The van der Waals surface area contributed by atoms with Crippen LogP contribution in [0, 0.1) is 6.92 Å². The van der Waals surface area contributed by atoms with Crippen LogP contribution in [0.3, 0.4) is 0 Å². The first-order valence-corrected chi connectivity index (χ1v) is 10.2. The highest BCUT2D eigenvalue weighted by Gasteiger charge is 2.47. The van der Waals surface area contributed by atoms with Gasteiger partial charge in [0.15, 0.2) is 0 Å². The number of esters is 1. The van der Waals surface area contributed by atoms with Gasteiger partial charge in [-0.3, -0.25) is 0 Å². The SMILES string of the molecule is Cc1ccc(C(C)C)c(SC2=C(O)CC3(CCc4ccccc43)OC2=O)c1. The van der Waals surface area contributed by atoms with Crippen LogP contribution in [0.4, 0.5) is 0 Å². The first kappa shape index (κ1) is 18.2. The largest absolute Gasteiger partial charge is 0.511 e. The quantitative estimate of drug-likeness (QED) is 0.687. The molecule has 140 valence electrons. The molecule has 27 heavy (non-hydrogen) atoms. The smallest absolute Gasteiger partial charge is 0.349 e. The number of hydrogen-bond acceptors (Lipinski definition) is 4. The average molecular weight is 381 g/mol. The number of aryl methyl sites for hydroxylation is 2. The van der Waals surface area contributed by atoms with Gasteiger partial charge in [-0.1, -0.05) is 62.0 Å². The number of rotatable bonds is 3. The molecule has 0 fully saturated rings. The van der Waals surface area contributed by atoms with E-state index < -0.39 is 11.6 Å². The van der Waals surface area contributed by atoms with E-state index in [-0.39, 0.29) is 5.76 Å². The lowest BCUT2D eigenvalue weighted by Crippen LogP contribution is -2.35. The van der Waals surface area contributed by atoms with E-state index in [1.54, 1.807) is 0 Å². The zero-order valence-electron chi connectivity index (χ0n) is 15.9. The molecule has 0 radical (unpaired) electrons. The van der Waals surface area contributed by atoms with Crippen molar-refractivity contribution in [1.82, 2.24) is 0 Å². The van der Waals surface area contributed by atoms with E-state index in [4.69, 9.17) is 4.74 Å². The van der Waals surface area contributed by atoms with Crippen molar-refractivity contribution >= 4 is 17.7 Å². The third kappa shape index (κ3) is 3.16. The second kappa shape index (κ2) is 6.75. The maximum absolute atomic E-state index is 12.9. The van der Waals surface area contributed by atoms with Crippen molar-refractivity contribution in [1.29, 1.82) is 0 Å². The first-order chi connectivity index (χ1) is 12.9. The Morgan fingerprint density at radius 3 is 2.70 bits per heavy atom. The van der Waals surface area contributed by atoms with E-state index in [0.29, 0.717) is 17.2 Å². The number of thioether (sulfide) groups is 1. The standard InChI is InChI=1S/C23H24O3S/c1-14(2)17-9-8-15(3)12-20(17)27-21-19(24)13-23(26-22(21)25)11-10-16-6-4-5-7-18(16)23/h4-9,12,14,24H,10-11,13H2,1-3H3. The molecule has 4 heteroatoms. The maximum atomic E-state index is 12.9. The van der Waals surface area contributed by atoms with Crippen LogP contribution in [-0.2, 0) is 21.6 Å². The number of carbonyl (C=O) groups excluding carboxylic acids is 1. The number of aliphatic hydroxyl groups excluding tert-OH is 1. The molecule has 0 aromatic heterocycles. The molecular formula is C23H24O3S. The van der Waals surface area contributed by atoms with Gasteiger partial charge in [0.25, 0.3) is 0 Å².